The van der Waals surface area contributed by atoms with Crippen LogP contribution in [0, 0.1) is 0 Å². The number of benzodiazepines with no additional fused rings is 1. The standard InChI is InChI=1S/C26H22ClF3N4O/c1-16-23(13-17-5-3-2-4-6-17)34-24(21-14-19(27)9-12-22(21)32-16)18-7-10-20(11-8-18)33-25(35)31-15-26(28,29)30/h2-12,14,23,32H,1,13,15H2,(H2,31,33,35). The molecule has 180 valence electrons. The number of nitrogens with zero attached hydrogens (tertiary/aromatic N) is 1. The third-order valence-electron chi connectivity index (χ3n) is 5.36. The van der Waals surface area contributed by atoms with Crippen LogP contribution in [0.15, 0.2) is 90.1 Å². The summed E-state index contributed by atoms with van der Waals surface area (Å²) in [6, 6.07) is 20.9. The fourth-order valence-corrected chi connectivity index (χ4v) is 3.86. The highest BCUT2D eigenvalue weighted by molar-refractivity contribution is 6.31. The van der Waals surface area contributed by atoms with E-state index < -0.39 is 18.8 Å². The summed E-state index contributed by atoms with van der Waals surface area (Å²) < 4.78 is 37.0. The van der Waals surface area contributed by atoms with Crippen LogP contribution in [0.5, 0.6) is 0 Å². The van der Waals surface area contributed by atoms with Crippen molar-refractivity contribution in [2.75, 3.05) is 17.2 Å². The zero-order valence-electron chi connectivity index (χ0n) is 18.5. The largest absolute Gasteiger partial charge is 0.405 e. The van der Waals surface area contributed by atoms with Gasteiger partial charge in [0.15, 0.2) is 0 Å². The predicted octanol–water partition coefficient (Wildman–Crippen LogP) is 6.41. The number of carbonyl (C=O) groups is 1. The molecule has 5 nitrogen and oxygen atoms in total. The predicted molar refractivity (Wildman–Crippen MR) is 133 cm³/mol. The fourth-order valence-electron chi connectivity index (χ4n) is 3.68. The lowest BCUT2D eigenvalue weighted by Gasteiger charge is -2.15. The van der Waals surface area contributed by atoms with Crippen LogP contribution in [-0.2, 0) is 6.42 Å². The van der Waals surface area contributed by atoms with Gasteiger partial charge in [-0.3, -0.25) is 4.99 Å². The molecule has 1 aliphatic rings. The van der Waals surface area contributed by atoms with Crippen molar-refractivity contribution in [1.82, 2.24) is 5.32 Å². The summed E-state index contributed by atoms with van der Waals surface area (Å²) in [6.45, 7) is 2.79. The molecule has 0 aliphatic carbocycles. The van der Waals surface area contributed by atoms with Crippen LogP contribution in [0.3, 0.4) is 0 Å². The van der Waals surface area contributed by atoms with E-state index in [1.165, 1.54) is 0 Å². The van der Waals surface area contributed by atoms with Gasteiger partial charge in [-0.1, -0.05) is 60.6 Å². The average Bonchev–Trinajstić information content (AvgIpc) is 2.95. The molecule has 3 aromatic carbocycles. The lowest BCUT2D eigenvalue weighted by atomic mass is 10.00. The number of halogens is 4. The molecule has 1 heterocycles. The van der Waals surface area contributed by atoms with Crippen LogP contribution < -0.4 is 16.0 Å². The molecule has 0 saturated carbocycles. The molecule has 0 aromatic heterocycles. The molecule has 0 spiro atoms. The first-order valence-corrected chi connectivity index (χ1v) is 11.2. The first-order valence-electron chi connectivity index (χ1n) is 10.8. The minimum Gasteiger partial charge on any atom is -0.357 e. The number of aliphatic imine (C=N–C) groups is 1. The molecule has 4 rings (SSSR count). The number of anilines is 2. The molecule has 0 bridgehead atoms. The molecule has 2 amide bonds. The molecule has 3 aromatic rings. The number of fused-ring (bicyclic) bond motifs is 1. The Morgan fingerprint density at radius 3 is 2.46 bits per heavy atom. The molecule has 3 N–H and O–H groups in total. The first-order chi connectivity index (χ1) is 16.7. The smallest absolute Gasteiger partial charge is 0.357 e. The van der Waals surface area contributed by atoms with Crippen molar-refractivity contribution in [2.24, 2.45) is 4.99 Å². The zero-order chi connectivity index (χ0) is 25.0. The number of benzene rings is 3. The maximum absolute atomic E-state index is 12.3. The number of amides is 2. The van der Waals surface area contributed by atoms with Crippen LogP contribution in [0.4, 0.5) is 29.3 Å². The third-order valence-corrected chi connectivity index (χ3v) is 5.59. The van der Waals surface area contributed by atoms with Crippen LogP contribution in [0.25, 0.3) is 0 Å². The molecule has 0 fully saturated rings. The zero-order valence-corrected chi connectivity index (χ0v) is 19.3. The molecule has 1 aliphatic heterocycles. The van der Waals surface area contributed by atoms with Crippen LogP contribution >= 0.6 is 11.6 Å². The summed E-state index contributed by atoms with van der Waals surface area (Å²) in [4.78, 5) is 16.8. The third kappa shape index (κ3) is 6.42. The van der Waals surface area contributed by atoms with E-state index in [2.05, 4.69) is 17.2 Å². The Morgan fingerprint density at radius 1 is 1.06 bits per heavy atom. The van der Waals surface area contributed by atoms with E-state index >= 15 is 0 Å². The average molecular weight is 499 g/mol. The summed E-state index contributed by atoms with van der Waals surface area (Å²) in [7, 11) is 0. The Bertz CT molecular complexity index is 1260. The van der Waals surface area contributed by atoms with Crippen LogP contribution in [0.2, 0.25) is 5.02 Å². The van der Waals surface area contributed by atoms with Crippen LogP contribution in [0.1, 0.15) is 16.7 Å². The van der Waals surface area contributed by atoms with Gasteiger partial charge in [0.25, 0.3) is 0 Å². The topological polar surface area (TPSA) is 65.5 Å². The molecular formula is C26H22ClF3N4O. The van der Waals surface area contributed by atoms with Gasteiger partial charge in [0.2, 0.25) is 0 Å². The number of urea groups is 1. The highest BCUT2D eigenvalue weighted by Gasteiger charge is 2.28. The number of alkyl halides is 3. The minimum absolute atomic E-state index is 0.260. The lowest BCUT2D eigenvalue weighted by Crippen LogP contribution is -2.36. The van der Waals surface area contributed by atoms with Gasteiger partial charge in [0, 0.05) is 39.6 Å². The van der Waals surface area contributed by atoms with Gasteiger partial charge in [-0.2, -0.15) is 13.2 Å². The van der Waals surface area contributed by atoms with E-state index in [1.807, 2.05) is 42.5 Å². The van der Waals surface area contributed by atoms with E-state index in [0.29, 0.717) is 22.8 Å². The lowest BCUT2D eigenvalue weighted by molar-refractivity contribution is -0.122. The van der Waals surface area contributed by atoms with E-state index in [1.54, 1.807) is 35.6 Å². The fraction of sp³-hybridized carbons (Fsp3) is 0.154. The maximum Gasteiger partial charge on any atom is 0.405 e. The second-order valence-corrected chi connectivity index (χ2v) is 8.46. The second-order valence-electron chi connectivity index (χ2n) is 8.02. The van der Waals surface area contributed by atoms with Crippen molar-refractivity contribution in [3.63, 3.8) is 0 Å². The SMILES string of the molecule is C=C1Nc2ccc(Cl)cc2C(c2ccc(NC(=O)NCC(F)(F)F)cc2)=NC1Cc1ccccc1. The maximum atomic E-state index is 12.3. The Balaban J connectivity index is 1.63. The highest BCUT2D eigenvalue weighted by atomic mass is 35.5. The van der Waals surface area contributed by atoms with Crippen molar-refractivity contribution in [3.05, 3.63) is 107 Å². The number of nitrogens with one attached hydrogen (secondary N) is 3. The number of hydrogen-bond donors (Lipinski definition) is 3. The monoisotopic (exact) mass is 498 g/mol. The molecular weight excluding hydrogens is 477 g/mol. The van der Waals surface area contributed by atoms with Crippen molar-refractivity contribution < 1.29 is 18.0 Å². The Kier molecular flexibility index (Phi) is 7.12. The van der Waals surface area contributed by atoms with Gasteiger partial charge in [0.1, 0.15) is 6.54 Å². The Labute approximate surface area is 205 Å². The Hall–Kier alpha value is -3.78. The molecule has 1 unspecified atom stereocenters. The molecule has 1 atom stereocenters. The van der Waals surface area contributed by atoms with Gasteiger partial charge in [-0.15, -0.1) is 0 Å². The summed E-state index contributed by atoms with van der Waals surface area (Å²) in [5, 5.41) is 8.08. The Morgan fingerprint density at radius 2 is 1.77 bits per heavy atom. The summed E-state index contributed by atoms with van der Waals surface area (Å²) in [5.74, 6) is 0. The van der Waals surface area contributed by atoms with Gasteiger partial charge < -0.3 is 16.0 Å². The highest BCUT2D eigenvalue weighted by Crippen LogP contribution is 2.30. The van der Waals surface area contributed by atoms with Crippen molar-refractivity contribution >= 4 is 34.7 Å². The normalized spacial score (nSPS) is 15.4. The summed E-state index contributed by atoms with van der Waals surface area (Å²) in [5.41, 5.74) is 5.23. The van der Waals surface area contributed by atoms with Gasteiger partial charge >= 0.3 is 12.2 Å². The van der Waals surface area contributed by atoms with E-state index in [4.69, 9.17) is 16.6 Å². The molecule has 0 radical (unpaired) electrons. The van der Waals surface area contributed by atoms with Crippen molar-refractivity contribution in [3.8, 4) is 0 Å². The molecule has 35 heavy (non-hydrogen) atoms. The first kappa shape index (κ1) is 24.3. The van der Waals surface area contributed by atoms with E-state index in [9.17, 15) is 18.0 Å². The minimum atomic E-state index is -4.48. The van der Waals surface area contributed by atoms with Gasteiger partial charge in [0.05, 0.1) is 11.8 Å². The van der Waals surface area contributed by atoms with Gasteiger partial charge in [-0.05, 0) is 35.9 Å². The van der Waals surface area contributed by atoms with E-state index in [0.717, 1.165) is 28.1 Å². The van der Waals surface area contributed by atoms with Crippen molar-refractivity contribution in [2.45, 2.75) is 18.6 Å². The van der Waals surface area contributed by atoms with Gasteiger partial charge in [-0.25, -0.2) is 4.79 Å². The number of carbonyl (C=O) groups excluding carboxylic acids is 1. The molecule has 9 heteroatoms. The number of hydrogen-bond acceptors (Lipinski definition) is 3. The van der Waals surface area contributed by atoms with Crippen molar-refractivity contribution in [1.29, 1.82) is 0 Å². The van der Waals surface area contributed by atoms with E-state index in [-0.39, 0.29) is 6.04 Å². The summed E-state index contributed by atoms with van der Waals surface area (Å²) >= 11 is 6.29. The summed E-state index contributed by atoms with van der Waals surface area (Å²) in [6.07, 6.45) is -3.85. The molecule has 0 saturated heterocycles. The van der Waals surface area contributed by atoms with Crippen LogP contribution in [-0.4, -0.2) is 30.5 Å². The number of rotatable bonds is 5. The quantitative estimate of drug-likeness (QED) is 0.380. The second kappa shape index (κ2) is 10.2.